The van der Waals surface area contributed by atoms with Gasteiger partial charge in [0.05, 0.1) is 5.69 Å². The summed E-state index contributed by atoms with van der Waals surface area (Å²) in [6.07, 6.45) is 1.05. The number of nitrogens with zero attached hydrogens (tertiary/aromatic N) is 1. The number of thiazole rings is 1. The van der Waals surface area contributed by atoms with E-state index in [1.807, 2.05) is 0 Å². The highest BCUT2D eigenvalue weighted by atomic mass is 32.1. The Morgan fingerprint density at radius 2 is 1.95 bits per heavy atom. The monoisotopic (exact) mass is 318 g/mol. The highest BCUT2D eigenvalue weighted by Gasteiger charge is 2.04. The van der Waals surface area contributed by atoms with Gasteiger partial charge < -0.3 is 5.32 Å². The summed E-state index contributed by atoms with van der Waals surface area (Å²) in [6, 6.07) is 10.7. The molecule has 2 nitrogen and oxygen atoms in total. The molecule has 2 heterocycles. The molecular weight excluding hydrogens is 303 g/mol. The molecule has 0 saturated carbocycles. The highest BCUT2D eigenvalue weighted by molar-refractivity contribution is 7.13. The van der Waals surface area contributed by atoms with Gasteiger partial charge in [-0.2, -0.15) is 0 Å². The van der Waals surface area contributed by atoms with Crippen molar-refractivity contribution in [1.82, 2.24) is 10.3 Å². The molecule has 1 aromatic carbocycles. The lowest BCUT2D eigenvalue weighted by atomic mass is 10.2. The van der Waals surface area contributed by atoms with E-state index in [2.05, 4.69) is 33.2 Å². The van der Waals surface area contributed by atoms with Crippen molar-refractivity contribution in [2.45, 2.75) is 13.0 Å². The van der Waals surface area contributed by atoms with Gasteiger partial charge in [-0.3, -0.25) is 0 Å². The fourth-order valence-electron chi connectivity index (χ4n) is 2.00. The maximum Gasteiger partial charge on any atom is 0.123 e. The van der Waals surface area contributed by atoms with Crippen LogP contribution in [0.3, 0.4) is 0 Å². The maximum atomic E-state index is 12.9. The number of hydrogen-bond donors (Lipinski definition) is 1. The second kappa shape index (κ2) is 6.93. The highest BCUT2D eigenvalue weighted by Crippen LogP contribution is 2.23. The first-order valence-corrected chi connectivity index (χ1v) is 8.50. The number of nitrogens with one attached hydrogen (secondary N) is 1. The maximum absolute atomic E-state index is 12.9. The van der Waals surface area contributed by atoms with Gasteiger partial charge >= 0.3 is 0 Å². The Balaban J connectivity index is 1.52. The van der Waals surface area contributed by atoms with E-state index in [4.69, 9.17) is 0 Å². The van der Waals surface area contributed by atoms with Gasteiger partial charge in [-0.15, -0.1) is 22.7 Å². The normalized spacial score (nSPS) is 10.9. The first-order valence-electron chi connectivity index (χ1n) is 6.75. The zero-order valence-corrected chi connectivity index (χ0v) is 13.0. The second-order valence-electron chi connectivity index (χ2n) is 4.66. The molecule has 0 fully saturated rings. The number of aromatic nitrogens is 1. The van der Waals surface area contributed by atoms with Crippen molar-refractivity contribution in [2.24, 2.45) is 0 Å². The van der Waals surface area contributed by atoms with Crippen LogP contribution in [0.25, 0.3) is 10.6 Å². The molecule has 0 atom stereocenters. The van der Waals surface area contributed by atoms with Gasteiger partial charge in [-0.1, -0.05) is 6.07 Å². The largest absolute Gasteiger partial charge is 0.311 e. The molecule has 0 unspecified atom stereocenters. The van der Waals surface area contributed by atoms with Gasteiger partial charge in [-0.05, 0) is 42.1 Å². The standard InChI is InChI=1S/C16H15FN2S2/c17-13-5-3-12(4-6-13)16-19-14(11-21-16)10-18-8-7-15-2-1-9-20-15/h1-6,9,11,18H,7-8,10H2. The molecule has 1 N–H and O–H groups in total. The van der Waals surface area contributed by atoms with E-state index in [0.717, 1.165) is 35.8 Å². The molecule has 3 rings (SSSR count). The third kappa shape index (κ3) is 3.97. The smallest absolute Gasteiger partial charge is 0.123 e. The van der Waals surface area contributed by atoms with Crippen LogP contribution in [0, 0.1) is 5.82 Å². The minimum absolute atomic E-state index is 0.217. The van der Waals surface area contributed by atoms with Crippen LogP contribution in [0.1, 0.15) is 10.6 Å². The van der Waals surface area contributed by atoms with E-state index in [1.54, 1.807) is 34.8 Å². The molecule has 0 aliphatic carbocycles. The average Bonchev–Trinajstić information content (AvgIpc) is 3.16. The molecule has 3 aromatic rings. The molecule has 0 radical (unpaired) electrons. The first-order chi connectivity index (χ1) is 10.3. The van der Waals surface area contributed by atoms with Crippen LogP contribution in [0.2, 0.25) is 0 Å². The molecule has 0 bridgehead atoms. The molecule has 0 aliphatic heterocycles. The van der Waals surface area contributed by atoms with Gasteiger partial charge in [-0.25, -0.2) is 9.37 Å². The summed E-state index contributed by atoms with van der Waals surface area (Å²) in [5, 5.41) is 8.49. The van der Waals surface area contributed by atoms with E-state index in [0.29, 0.717) is 0 Å². The van der Waals surface area contributed by atoms with Crippen LogP contribution in [0.15, 0.2) is 47.2 Å². The van der Waals surface area contributed by atoms with E-state index < -0.39 is 0 Å². The van der Waals surface area contributed by atoms with E-state index in [9.17, 15) is 4.39 Å². The molecule has 5 heteroatoms. The van der Waals surface area contributed by atoms with Crippen molar-refractivity contribution in [3.63, 3.8) is 0 Å². The third-order valence-electron chi connectivity index (χ3n) is 3.08. The summed E-state index contributed by atoms with van der Waals surface area (Å²) in [5.74, 6) is -0.217. The lowest BCUT2D eigenvalue weighted by Crippen LogP contribution is -2.16. The zero-order chi connectivity index (χ0) is 14.5. The van der Waals surface area contributed by atoms with Crippen LogP contribution in [-0.2, 0) is 13.0 Å². The van der Waals surface area contributed by atoms with Gasteiger partial charge in [0.1, 0.15) is 10.8 Å². The second-order valence-corrected chi connectivity index (χ2v) is 6.55. The van der Waals surface area contributed by atoms with Crippen LogP contribution in [-0.4, -0.2) is 11.5 Å². The molecule has 0 aliphatic rings. The fraction of sp³-hybridized carbons (Fsp3) is 0.188. The van der Waals surface area contributed by atoms with Crippen molar-refractivity contribution < 1.29 is 4.39 Å². The van der Waals surface area contributed by atoms with Gasteiger partial charge in [0.2, 0.25) is 0 Å². The minimum Gasteiger partial charge on any atom is -0.311 e. The van der Waals surface area contributed by atoms with Gasteiger partial charge in [0, 0.05) is 28.9 Å². The number of hydrogen-bond acceptors (Lipinski definition) is 4. The summed E-state index contributed by atoms with van der Waals surface area (Å²) < 4.78 is 12.9. The summed E-state index contributed by atoms with van der Waals surface area (Å²) in [4.78, 5) is 5.98. The predicted molar refractivity (Wildman–Crippen MR) is 87.2 cm³/mol. The molecule has 21 heavy (non-hydrogen) atoms. The molecule has 0 spiro atoms. The summed E-state index contributed by atoms with van der Waals surface area (Å²) >= 11 is 3.38. The summed E-state index contributed by atoms with van der Waals surface area (Å²) in [7, 11) is 0. The van der Waals surface area contributed by atoms with Crippen molar-refractivity contribution in [3.8, 4) is 10.6 Å². The quantitative estimate of drug-likeness (QED) is 0.684. The Hall–Kier alpha value is -1.56. The third-order valence-corrected chi connectivity index (χ3v) is 4.95. The van der Waals surface area contributed by atoms with Crippen LogP contribution in [0.5, 0.6) is 0 Å². The van der Waals surface area contributed by atoms with Crippen molar-refractivity contribution in [2.75, 3.05) is 6.54 Å². The Bertz CT molecular complexity index is 675. The predicted octanol–water partition coefficient (Wildman–Crippen LogP) is 4.34. The minimum atomic E-state index is -0.217. The lowest BCUT2D eigenvalue weighted by molar-refractivity contribution is 0.628. The molecular formula is C16H15FN2S2. The van der Waals surface area contributed by atoms with Gasteiger partial charge in [0.15, 0.2) is 0 Å². The van der Waals surface area contributed by atoms with E-state index >= 15 is 0 Å². The van der Waals surface area contributed by atoms with Gasteiger partial charge in [0.25, 0.3) is 0 Å². The molecule has 108 valence electrons. The Morgan fingerprint density at radius 1 is 1.10 bits per heavy atom. The number of thiophene rings is 1. The number of halogens is 1. The molecule has 0 amide bonds. The average molecular weight is 318 g/mol. The van der Waals surface area contributed by atoms with Crippen molar-refractivity contribution >= 4 is 22.7 Å². The Labute approximate surface area is 131 Å². The SMILES string of the molecule is Fc1ccc(-c2nc(CNCCc3cccs3)cs2)cc1. The fourth-order valence-corrected chi connectivity index (χ4v) is 3.53. The van der Waals surface area contributed by atoms with Crippen LogP contribution < -0.4 is 5.32 Å². The van der Waals surface area contributed by atoms with Crippen LogP contribution >= 0.6 is 22.7 Å². The zero-order valence-electron chi connectivity index (χ0n) is 11.4. The Morgan fingerprint density at radius 3 is 2.71 bits per heavy atom. The lowest BCUT2D eigenvalue weighted by Gasteiger charge is -2.01. The number of rotatable bonds is 6. The first kappa shape index (κ1) is 14.4. The van der Waals surface area contributed by atoms with Crippen LogP contribution in [0.4, 0.5) is 4.39 Å². The number of benzene rings is 1. The summed E-state index contributed by atoms with van der Waals surface area (Å²) in [6.45, 7) is 1.72. The van der Waals surface area contributed by atoms with Crippen molar-refractivity contribution in [3.05, 3.63) is 63.5 Å². The van der Waals surface area contributed by atoms with E-state index in [-0.39, 0.29) is 5.82 Å². The Kier molecular flexibility index (Phi) is 4.75. The molecule has 2 aromatic heterocycles. The van der Waals surface area contributed by atoms with E-state index in [1.165, 1.54) is 17.0 Å². The summed E-state index contributed by atoms with van der Waals surface area (Å²) in [5.41, 5.74) is 2.00. The van der Waals surface area contributed by atoms with Crippen molar-refractivity contribution in [1.29, 1.82) is 0 Å². The molecule has 0 saturated heterocycles. The topological polar surface area (TPSA) is 24.9 Å².